The first-order valence-electron chi connectivity index (χ1n) is 6.37. The SMILES string of the molecule is COc1cc(C=C(C)C(=O)O)ccc1OCCCCBr. The molecule has 0 heterocycles. The number of methoxy groups -OCH3 is 1. The van der Waals surface area contributed by atoms with Crippen molar-refractivity contribution in [3.8, 4) is 11.5 Å². The van der Waals surface area contributed by atoms with Crippen molar-refractivity contribution in [2.75, 3.05) is 19.0 Å². The van der Waals surface area contributed by atoms with E-state index in [0.717, 1.165) is 23.7 Å². The molecule has 0 unspecified atom stereocenters. The van der Waals surface area contributed by atoms with Gasteiger partial charge in [0.1, 0.15) is 0 Å². The van der Waals surface area contributed by atoms with Crippen LogP contribution in [0.3, 0.4) is 0 Å². The Kier molecular flexibility index (Phi) is 7.15. The molecule has 1 aromatic carbocycles. The third kappa shape index (κ3) is 5.25. The van der Waals surface area contributed by atoms with Crippen molar-refractivity contribution >= 4 is 28.0 Å². The topological polar surface area (TPSA) is 55.8 Å². The van der Waals surface area contributed by atoms with Crippen molar-refractivity contribution in [3.63, 3.8) is 0 Å². The van der Waals surface area contributed by atoms with Gasteiger partial charge in [-0.05, 0) is 43.5 Å². The van der Waals surface area contributed by atoms with Gasteiger partial charge in [-0.1, -0.05) is 22.0 Å². The Balaban J connectivity index is 2.80. The van der Waals surface area contributed by atoms with E-state index in [1.807, 2.05) is 6.07 Å². The van der Waals surface area contributed by atoms with Gasteiger partial charge in [-0.15, -0.1) is 0 Å². The molecule has 0 aliphatic heterocycles. The first-order valence-corrected chi connectivity index (χ1v) is 7.49. The van der Waals surface area contributed by atoms with Gasteiger partial charge in [0, 0.05) is 10.9 Å². The van der Waals surface area contributed by atoms with Crippen molar-refractivity contribution in [2.45, 2.75) is 19.8 Å². The van der Waals surface area contributed by atoms with E-state index < -0.39 is 5.97 Å². The molecule has 0 radical (unpaired) electrons. The Morgan fingerprint density at radius 1 is 1.35 bits per heavy atom. The highest BCUT2D eigenvalue weighted by atomic mass is 79.9. The molecule has 0 aromatic heterocycles. The van der Waals surface area contributed by atoms with Crippen LogP contribution in [0.15, 0.2) is 23.8 Å². The Hall–Kier alpha value is -1.49. The fourth-order valence-corrected chi connectivity index (χ4v) is 1.98. The molecule has 1 aromatic rings. The molecule has 4 nitrogen and oxygen atoms in total. The van der Waals surface area contributed by atoms with Gasteiger partial charge < -0.3 is 14.6 Å². The van der Waals surface area contributed by atoms with Crippen LogP contribution in [0, 0.1) is 0 Å². The number of hydrogen-bond acceptors (Lipinski definition) is 3. The van der Waals surface area contributed by atoms with Crippen molar-refractivity contribution in [2.24, 2.45) is 0 Å². The summed E-state index contributed by atoms with van der Waals surface area (Å²) in [4.78, 5) is 10.8. The zero-order valence-corrected chi connectivity index (χ0v) is 13.3. The number of unbranched alkanes of at least 4 members (excludes halogenated alkanes) is 1. The second-order valence-corrected chi connectivity index (χ2v) is 5.08. The van der Waals surface area contributed by atoms with Crippen molar-refractivity contribution in [1.29, 1.82) is 0 Å². The molecule has 0 spiro atoms. The predicted molar refractivity (Wildman–Crippen MR) is 82.8 cm³/mol. The van der Waals surface area contributed by atoms with Crippen molar-refractivity contribution in [1.82, 2.24) is 0 Å². The summed E-state index contributed by atoms with van der Waals surface area (Å²) < 4.78 is 10.9. The van der Waals surface area contributed by atoms with E-state index in [1.165, 1.54) is 0 Å². The van der Waals surface area contributed by atoms with Crippen LogP contribution in [-0.2, 0) is 4.79 Å². The average molecular weight is 343 g/mol. The highest BCUT2D eigenvalue weighted by molar-refractivity contribution is 9.09. The number of benzene rings is 1. The number of halogens is 1. The molecule has 1 N–H and O–H groups in total. The Morgan fingerprint density at radius 3 is 2.70 bits per heavy atom. The first kappa shape index (κ1) is 16.6. The molecule has 0 bridgehead atoms. The maximum absolute atomic E-state index is 10.8. The number of carboxylic acid groups (broad SMARTS) is 1. The minimum absolute atomic E-state index is 0.276. The lowest BCUT2D eigenvalue weighted by Gasteiger charge is -2.11. The maximum Gasteiger partial charge on any atom is 0.331 e. The third-order valence-electron chi connectivity index (χ3n) is 2.69. The lowest BCUT2D eigenvalue weighted by Crippen LogP contribution is -2.00. The summed E-state index contributed by atoms with van der Waals surface area (Å²) in [5.74, 6) is 0.349. The summed E-state index contributed by atoms with van der Waals surface area (Å²) in [5, 5.41) is 9.83. The number of rotatable bonds is 8. The van der Waals surface area contributed by atoms with Crippen LogP contribution in [-0.4, -0.2) is 30.1 Å². The van der Waals surface area contributed by atoms with Gasteiger partial charge in [-0.25, -0.2) is 4.79 Å². The average Bonchev–Trinajstić information content (AvgIpc) is 2.44. The van der Waals surface area contributed by atoms with Crippen LogP contribution < -0.4 is 9.47 Å². The summed E-state index contributed by atoms with van der Waals surface area (Å²) in [6.07, 6.45) is 3.62. The highest BCUT2D eigenvalue weighted by Gasteiger charge is 2.06. The molecule has 110 valence electrons. The normalized spacial score (nSPS) is 11.2. The van der Waals surface area contributed by atoms with E-state index in [4.69, 9.17) is 14.6 Å². The Bertz CT molecular complexity index is 483. The van der Waals surface area contributed by atoms with E-state index >= 15 is 0 Å². The van der Waals surface area contributed by atoms with Crippen molar-refractivity contribution < 1.29 is 19.4 Å². The van der Waals surface area contributed by atoms with Gasteiger partial charge >= 0.3 is 5.97 Å². The van der Waals surface area contributed by atoms with Gasteiger partial charge in [-0.2, -0.15) is 0 Å². The van der Waals surface area contributed by atoms with Crippen LogP contribution in [0.2, 0.25) is 0 Å². The van der Waals surface area contributed by atoms with E-state index in [2.05, 4.69) is 15.9 Å². The molecular formula is C15H19BrO4. The van der Waals surface area contributed by atoms with E-state index in [1.54, 1.807) is 32.2 Å². The standard InChI is InChI=1S/C15H19BrO4/c1-11(15(17)18)9-12-5-6-13(14(10-12)19-2)20-8-4-3-7-16/h5-6,9-10H,3-4,7-8H2,1-2H3,(H,17,18). The summed E-state index contributed by atoms with van der Waals surface area (Å²) in [6.45, 7) is 2.19. The highest BCUT2D eigenvalue weighted by Crippen LogP contribution is 2.29. The van der Waals surface area contributed by atoms with Gasteiger partial charge in [0.15, 0.2) is 11.5 Å². The summed E-state index contributed by atoms with van der Waals surface area (Å²) in [7, 11) is 1.57. The molecule has 20 heavy (non-hydrogen) atoms. The number of ether oxygens (including phenoxy) is 2. The minimum atomic E-state index is -0.931. The second-order valence-electron chi connectivity index (χ2n) is 4.29. The molecule has 5 heteroatoms. The van der Waals surface area contributed by atoms with Gasteiger partial charge in [0.2, 0.25) is 0 Å². The third-order valence-corrected chi connectivity index (χ3v) is 3.25. The lowest BCUT2D eigenvalue weighted by atomic mass is 10.1. The zero-order chi connectivity index (χ0) is 15.0. The maximum atomic E-state index is 10.8. The molecule has 0 amide bonds. The number of carbonyl (C=O) groups is 1. The fourth-order valence-electron chi connectivity index (χ4n) is 1.58. The Morgan fingerprint density at radius 2 is 2.10 bits per heavy atom. The van der Waals surface area contributed by atoms with Crippen LogP contribution in [0.1, 0.15) is 25.3 Å². The predicted octanol–water partition coefficient (Wildman–Crippen LogP) is 3.74. The van der Waals surface area contributed by atoms with Gasteiger partial charge in [0.25, 0.3) is 0 Å². The molecule has 0 atom stereocenters. The van der Waals surface area contributed by atoms with E-state index in [-0.39, 0.29) is 5.57 Å². The fraction of sp³-hybridized carbons (Fsp3) is 0.400. The number of aliphatic carboxylic acids is 1. The van der Waals surface area contributed by atoms with Crippen LogP contribution in [0.4, 0.5) is 0 Å². The smallest absolute Gasteiger partial charge is 0.331 e. The summed E-state index contributed by atoms with van der Waals surface area (Å²) in [5.41, 5.74) is 1.05. The van der Waals surface area contributed by atoms with Gasteiger partial charge in [0.05, 0.1) is 13.7 Å². The lowest BCUT2D eigenvalue weighted by molar-refractivity contribution is -0.132. The van der Waals surface area contributed by atoms with Gasteiger partial charge in [-0.3, -0.25) is 0 Å². The monoisotopic (exact) mass is 342 g/mol. The second kappa shape index (κ2) is 8.64. The number of alkyl halides is 1. The molecule has 0 aliphatic rings. The molecule has 0 aliphatic carbocycles. The quantitative estimate of drug-likeness (QED) is 0.444. The molecule has 0 saturated heterocycles. The van der Waals surface area contributed by atoms with Crippen LogP contribution in [0.25, 0.3) is 6.08 Å². The van der Waals surface area contributed by atoms with E-state index in [9.17, 15) is 4.79 Å². The van der Waals surface area contributed by atoms with E-state index in [0.29, 0.717) is 18.1 Å². The number of carboxylic acids is 1. The minimum Gasteiger partial charge on any atom is -0.493 e. The van der Waals surface area contributed by atoms with Crippen LogP contribution in [0.5, 0.6) is 11.5 Å². The molecule has 0 fully saturated rings. The molecule has 0 saturated carbocycles. The molecular weight excluding hydrogens is 324 g/mol. The Labute approximate surface area is 127 Å². The summed E-state index contributed by atoms with van der Waals surface area (Å²) in [6, 6.07) is 5.38. The van der Waals surface area contributed by atoms with Crippen molar-refractivity contribution in [3.05, 3.63) is 29.3 Å². The first-order chi connectivity index (χ1) is 9.58. The summed E-state index contributed by atoms with van der Waals surface area (Å²) >= 11 is 3.37. The number of hydrogen-bond donors (Lipinski definition) is 1. The molecule has 1 rings (SSSR count). The largest absolute Gasteiger partial charge is 0.493 e. The van der Waals surface area contributed by atoms with Crippen LogP contribution >= 0.6 is 15.9 Å². The zero-order valence-electron chi connectivity index (χ0n) is 11.7.